The van der Waals surface area contributed by atoms with Gasteiger partial charge in [0, 0.05) is 26.0 Å². The van der Waals surface area contributed by atoms with Crippen LogP contribution in [0.5, 0.6) is 0 Å². The third kappa shape index (κ3) is 2.88. The van der Waals surface area contributed by atoms with Crippen molar-refractivity contribution in [1.29, 1.82) is 0 Å². The van der Waals surface area contributed by atoms with E-state index in [4.69, 9.17) is 5.11 Å². The Bertz CT molecular complexity index is 682. The Balaban J connectivity index is 2.35. The first-order valence-corrected chi connectivity index (χ1v) is 7.52. The second kappa shape index (κ2) is 5.97. The number of H-pyrrole nitrogens is 1. The maximum absolute atomic E-state index is 12.2. The van der Waals surface area contributed by atoms with Gasteiger partial charge in [0.2, 0.25) is 0 Å². The SMILES string of the molecule is CC[C@H](NC(=O)c1c[nH]c2cc(Br)c(Br)cc12)C(=O)O. The summed E-state index contributed by atoms with van der Waals surface area (Å²) in [5.41, 5.74) is 1.22. The van der Waals surface area contributed by atoms with E-state index in [0.717, 1.165) is 19.8 Å². The van der Waals surface area contributed by atoms with Gasteiger partial charge in [-0.1, -0.05) is 6.92 Å². The van der Waals surface area contributed by atoms with Crippen LogP contribution in [0.4, 0.5) is 0 Å². The highest BCUT2D eigenvalue weighted by Gasteiger charge is 2.20. The van der Waals surface area contributed by atoms with E-state index in [1.165, 1.54) is 0 Å². The van der Waals surface area contributed by atoms with Crippen molar-refractivity contribution in [1.82, 2.24) is 10.3 Å². The number of aromatic nitrogens is 1. The minimum absolute atomic E-state index is 0.332. The van der Waals surface area contributed by atoms with Crippen LogP contribution in [0.15, 0.2) is 27.3 Å². The van der Waals surface area contributed by atoms with Gasteiger partial charge in [0.1, 0.15) is 6.04 Å². The quantitative estimate of drug-likeness (QED) is 0.732. The second-order valence-corrected chi connectivity index (χ2v) is 6.00. The van der Waals surface area contributed by atoms with Crippen molar-refractivity contribution in [3.63, 3.8) is 0 Å². The van der Waals surface area contributed by atoms with Crippen molar-refractivity contribution in [3.05, 3.63) is 32.8 Å². The van der Waals surface area contributed by atoms with Crippen molar-refractivity contribution >= 4 is 54.6 Å². The molecule has 0 aliphatic heterocycles. The molecule has 0 saturated carbocycles. The summed E-state index contributed by atoms with van der Waals surface area (Å²) in [5.74, 6) is -1.44. The molecule has 1 aromatic heterocycles. The molecule has 1 atom stereocenters. The zero-order chi connectivity index (χ0) is 14.9. The van der Waals surface area contributed by atoms with Gasteiger partial charge in [0.25, 0.3) is 5.91 Å². The number of nitrogens with one attached hydrogen (secondary N) is 2. The molecule has 0 saturated heterocycles. The van der Waals surface area contributed by atoms with Crippen LogP contribution in [0.2, 0.25) is 0 Å². The van der Waals surface area contributed by atoms with Gasteiger partial charge >= 0.3 is 5.97 Å². The molecule has 3 N–H and O–H groups in total. The predicted molar refractivity (Wildman–Crippen MR) is 82.9 cm³/mol. The van der Waals surface area contributed by atoms with Crippen LogP contribution in [-0.2, 0) is 4.79 Å². The summed E-state index contributed by atoms with van der Waals surface area (Å²) in [6.07, 6.45) is 1.91. The third-order valence-electron chi connectivity index (χ3n) is 2.98. The van der Waals surface area contributed by atoms with Crippen LogP contribution in [0.1, 0.15) is 23.7 Å². The smallest absolute Gasteiger partial charge is 0.326 e. The lowest BCUT2D eigenvalue weighted by Crippen LogP contribution is -2.40. The molecule has 0 bridgehead atoms. The van der Waals surface area contributed by atoms with Crippen LogP contribution in [0.3, 0.4) is 0 Å². The number of fused-ring (bicyclic) bond motifs is 1. The van der Waals surface area contributed by atoms with E-state index < -0.39 is 17.9 Å². The van der Waals surface area contributed by atoms with E-state index >= 15 is 0 Å². The molecule has 2 aromatic rings. The lowest BCUT2D eigenvalue weighted by atomic mass is 10.1. The predicted octanol–water partition coefficient (Wildman–Crippen LogP) is 3.29. The largest absolute Gasteiger partial charge is 0.480 e. The molecule has 0 unspecified atom stereocenters. The van der Waals surface area contributed by atoms with Crippen molar-refractivity contribution in [2.24, 2.45) is 0 Å². The number of amides is 1. The molecule has 0 aliphatic carbocycles. The number of halogens is 2. The Morgan fingerprint density at radius 2 is 2.00 bits per heavy atom. The van der Waals surface area contributed by atoms with E-state index in [1.54, 1.807) is 13.1 Å². The number of carbonyl (C=O) groups is 2. The third-order valence-corrected chi connectivity index (χ3v) is 4.82. The number of carbonyl (C=O) groups excluding carboxylic acids is 1. The molecule has 106 valence electrons. The Labute approximate surface area is 132 Å². The molecule has 7 heteroatoms. The Kier molecular flexibility index (Phi) is 4.49. The summed E-state index contributed by atoms with van der Waals surface area (Å²) in [6, 6.07) is 2.78. The van der Waals surface area contributed by atoms with Crippen LogP contribution in [-0.4, -0.2) is 28.0 Å². The number of benzene rings is 1. The Hall–Kier alpha value is -1.34. The molecular weight excluding hydrogens is 392 g/mol. The molecule has 5 nitrogen and oxygen atoms in total. The fourth-order valence-corrected chi connectivity index (χ4v) is 2.57. The molecule has 0 spiro atoms. The topological polar surface area (TPSA) is 82.2 Å². The van der Waals surface area contributed by atoms with Gasteiger partial charge in [-0.15, -0.1) is 0 Å². The van der Waals surface area contributed by atoms with E-state index in [9.17, 15) is 9.59 Å². The van der Waals surface area contributed by atoms with Gasteiger partial charge in [-0.2, -0.15) is 0 Å². The summed E-state index contributed by atoms with van der Waals surface area (Å²) in [5, 5.41) is 12.2. The minimum Gasteiger partial charge on any atom is -0.480 e. The highest BCUT2D eigenvalue weighted by atomic mass is 79.9. The maximum atomic E-state index is 12.2. The standard InChI is InChI=1S/C13H12Br2N2O3/c1-2-10(13(19)20)17-12(18)7-5-16-11-4-9(15)8(14)3-6(7)11/h3-5,10,16H,2H2,1H3,(H,17,18)(H,19,20)/t10-/m0/s1. The molecule has 0 fully saturated rings. The van der Waals surface area contributed by atoms with Crippen molar-refractivity contribution < 1.29 is 14.7 Å². The summed E-state index contributed by atoms with van der Waals surface area (Å²) < 4.78 is 1.69. The molecular formula is C13H12Br2N2O3. The van der Waals surface area contributed by atoms with Crippen LogP contribution in [0.25, 0.3) is 10.9 Å². The first kappa shape index (κ1) is 15.1. The molecule has 1 amide bonds. The highest BCUT2D eigenvalue weighted by Crippen LogP contribution is 2.30. The van der Waals surface area contributed by atoms with E-state index in [-0.39, 0.29) is 0 Å². The highest BCUT2D eigenvalue weighted by molar-refractivity contribution is 9.13. The van der Waals surface area contributed by atoms with Gasteiger partial charge in [-0.05, 0) is 50.4 Å². The number of hydrogen-bond donors (Lipinski definition) is 3. The fraction of sp³-hybridized carbons (Fsp3) is 0.231. The van der Waals surface area contributed by atoms with Gasteiger partial charge < -0.3 is 15.4 Å². The van der Waals surface area contributed by atoms with Gasteiger partial charge in [0.15, 0.2) is 0 Å². The summed E-state index contributed by atoms with van der Waals surface area (Å²) in [7, 11) is 0. The van der Waals surface area contributed by atoms with Gasteiger partial charge in [-0.25, -0.2) is 4.79 Å². The number of carboxylic acids is 1. The maximum Gasteiger partial charge on any atom is 0.326 e. The number of aromatic amines is 1. The van der Waals surface area contributed by atoms with Crippen molar-refractivity contribution in [2.45, 2.75) is 19.4 Å². The van der Waals surface area contributed by atoms with Gasteiger partial charge in [-0.3, -0.25) is 4.79 Å². The summed E-state index contributed by atoms with van der Waals surface area (Å²) in [6.45, 7) is 1.71. The van der Waals surface area contributed by atoms with E-state index in [0.29, 0.717) is 12.0 Å². The van der Waals surface area contributed by atoms with Crippen LogP contribution < -0.4 is 5.32 Å². The van der Waals surface area contributed by atoms with E-state index in [1.807, 2.05) is 12.1 Å². The number of carboxylic acid groups (broad SMARTS) is 1. The molecule has 1 aromatic carbocycles. The van der Waals surface area contributed by atoms with E-state index in [2.05, 4.69) is 42.2 Å². The van der Waals surface area contributed by atoms with Crippen molar-refractivity contribution in [2.75, 3.05) is 0 Å². The monoisotopic (exact) mass is 402 g/mol. The summed E-state index contributed by atoms with van der Waals surface area (Å²) in [4.78, 5) is 26.1. The number of hydrogen-bond acceptors (Lipinski definition) is 2. The second-order valence-electron chi connectivity index (χ2n) is 4.29. The Morgan fingerprint density at radius 3 is 2.60 bits per heavy atom. The Morgan fingerprint density at radius 1 is 1.35 bits per heavy atom. The van der Waals surface area contributed by atoms with Crippen LogP contribution >= 0.6 is 31.9 Å². The average Bonchev–Trinajstić information content (AvgIpc) is 2.78. The first-order valence-electron chi connectivity index (χ1n) is 5.93. The zero-order valence-corrected chi connectivity index (χ0v) is 13.7. The first-order chi connectivity index (χ1) is 9.43. The normalized spacial score (nSPS) is 12.3. The van der Waals surface area contributed by atoms with Crippen molar-refractivity contribution in [3.8, 4) is 0 Å². The number of aliphatic carboxylic acids is 1. The summed E-state index contributed by atoms with van der Waals surface area (Å²) >= 11 is 6.77. The molecule has 1 heterocycles. The lowest BCUT2D eigenvalue weighted by molar-refractivity contribution is -0.139. The molecule has 0 aliphatic rings. The molecule has 0 radical (unpaired) electrons. The lowest BCUT2D eigenvalue weighted by Gasteiger charge is -2.11. The van der Waals surface area contributed by atoms with Gasteiger partial charge in [0.05, 0.1) is 5.56 Å². The molecule has 2 rings (SSSR count). The fourth-order valence-electron chi connectivity index (χ4n) is 1.88. The average molecular weight is 404 g/mol. The minimum atomic E-state index is -1.04. The number of rotatable bonds is 4. The van der Waals surface area contributed by atoms with Crippen LogP contribution in [0, 0.1) is 0 Å². The zero-order valence-electron chi connectivity index (χ0n) is 10.5. The molecule has 20 heavy (non-hydrogen) atoms.